The molecule has 1 saturated carbocycles. The standard InChI is InChI=1S/C10H15F2N3O/c1-15-8(6-16)13-14-9(15)7-2-4-10(11,12)5-3-7/h7,16H,2-6H2,1H3. The van der Waals surface area contributed by atoms with E-state index in [0.717, 1.165) is 0 Å². The first kappa shape index (κ1) is 11.4. The summed E-state index contributed by atoms with van der Waals surface area (Å²) in [5, 5.41) is 16.8. The van der Waals surface area contributed by atoms with Crippen LogP contribution in [0.25, 0.3) is 0 Å². The lowest BCUT2D eigenvalue weighted by Gasteiger charge is -2.27. The minimum absolute atomic E-state index is 0.0393. The molecule has 0 bridgehead atoms. The summed E-state index contributed by atoms with van der Waals surface area (Å²) in [7, 11) is 1.76. The minimum atomic E-state index is -2.52. The zero-order valence-electron chi connectivity index (χ0n) is 9.16. The molecule has 0 aliphatic heterocycles. The molecule has 1 N–H and O–H groups in total. The molecule has 0 radical (unpaired) electrons. The second kappa shape index (κ2) is 4.08. The maximum absolute atomic E-state index is 13.0. The van der Waals surface area contributed by atoms with E-state index in [1.54, 1.807) is 11.6 Å². The van der Waals surface area contributed by atoms with Crippen molar-refractivity contribution in [1.82, 2.24) is 14.8 Å². The van der Waals surface area contributed by atoms with Crippen LogP contribution >= 0.6 is 0 Å². The van der Waals surface area contributed by atoms with Gasteiger partial charge in [0, 0.05) is 25.8 Å². The average Bonchev–Trinajstić information content (AvgIpc) is 2.60. The van der Waals surface area contributed by atoms with Crippen LogP contribution in [0.5, 0.6) is 0 Å². The van der Waals surface area contributed by atoms with Gasteiger partial charge in [0.1, 0.15) is 12.4 Å². The molecule has 2 rings (SSSR count). The van der Waals surface area contributed by atoms with Crippen LogP contribution in [-0.2, 0) is 13.7 Å². The average molecular weight is 231 g/mol. The highest BCUT2D eigenvalue weighted by Gasteiger charge is 2.36. The summed E-state index contributed by atoms with van der Waals surface area (Å²) < 4.78 is 27.7. The number of nitrogens with zero attached hydrogens (tertiary/aromatic N) is 3. The number of rotatable bonds is 2. The molecule has 1 heterocycles. The number of hydrogen-bond donors (Lipinski definition) is 1. The Morgan fingerprint density at radius 1 is 1.38 bits per heavy atom. The van der Waals surface area contributed by atoms with Crippen molar-refractivity contribution < 1.29 is 13.9 Å². The van der Waals surface area contributed by atoms with Crippen LogP contribution in [0.2, 0.25) is 0 Å². The normalized spacial score (nSPS) is 21.2. The van der Waals surface area contributed by atoms with Crippen molar-refractivity contribution in [1.29, 1.82) is 0 Å². The van der Waals surface area contributed by atoms with E-state index in [-0.39, 0.29) is 25.4 Å². The molecule has 0 spiro atoms. The van der Waals surface area contributed by atoms with Crippen LogP contribution in [0.15, 0.2) is 0 Å². The van der Waals surface area contributed by atoms with Crippen molar-refractivity contribution in [2.75, 3.05) is 0 Å². The molecule has 90 valence electrons. The molecule has 1 aliphatic carbocycles. The fraction of sp³-hybridized carbons (Fsp3) is 0.800. The van der Waals surface area contributed by atoms with Crippen molar-refractivity contribution >= 4 is 0 Å². The first-order valence-electron chi connectivity index (χ1n) is 5.40. The highest BCUT2D eigenvalue weighted by molar-refractivity contribution is 5.03. The van der Waals surface area contributed by atoms with Gasteiger partial charge < -0.3 is 9.67 Å². The summed E-state index contributed by atoms with van der Waals surface area (Å²) in [6.07, 6.45) is 0.701. The fourth-order valence-electron chi connectivity index (χ4n) is 2.17. The van der Waals surface area contributed by atoms with Gasteiger partial charge in [-0.2, -0.15) is 0 Å². The van der Waals surface area contributed by atoms with Gasteiger partial charge in [0.05, 0.1) is 0 Å². The predicted molar refractivity (Wildman–Crippen MR) is 53.1 cm³/mol. The summed E-state index contributed by atoms with van der Waals surface area (Å²) in [6.45, 7) is -0.174. The Hall–Kier alpha value is -1.04. The summed E-state index contributed by atoms with van der Waals surface area (Å²) in [4.78, 5) is 0. The van der Waals surface area contributed by atoms with Crippen molar-refractivity contribution in [3.05, 3.63) is 11.6 Å². The van der Waals surface area contributed by atoms with E-state index in [0.29, 0.717) is 24.5 Å². The number of aliphatic hydroxyl groups is 1. The van der Waals surface area contributed by atoms with Crippen molar-refractivity contribution in [2.45, 2.75) is 44.1 Å². The van der Waals surface area contributed by atoms with Crippen LogP contribution in [0.3, 0.4) is 0 Å². The summed E-state index contributed by atoms with van der Waals surface area (Å²) in [5.41, 5.74) is 0. The molecule has 0 unspecified atom stereocenters. The fourth-order valence-corrected chi connectivity index (χ4v) is 2.17. The topological polar surface area (TPSA) is 50.9 Å². The first-order chi connectivity index (χ1) is 7.53. The third-order valence-corrected chi connectivity index (χ3v) is 3.22. The van der Waals surface area contributed by atoms with Gasteiger partial charge in [-0.05, 0) is 12.8 Å². The maximum Gasteiger partial charge on any atom is 0.248 e. The molecule has 1 aliphatic rings. The molecule has 4 nitrogen and oxygen atoms in total. The van der Waals surface area contributed by atoms with Crippen molar-refractivity contribution in [3.8, 4) is 0 Å². The van der Waals surface area contributed by atoms with Crippen LogP contribution in [-0.4, -0.2) is 25.8 Å². The van der Waals surface area contributed by atoms with E-state index < -0.39 is 5.92 Å². The van der Waals surface area contributed by atoms with Crippen LogP contribution in [0.4, 0.5) is 8.78 Å². The molecule has 0 amide bonds. The van der Waals surface area contributed by atoms with E-state index in [4.69, 9.17) is 5.11 Å². The van der Waals surface area contributed by atoms with Crippen LogP contribution in [0, 0.1) is 0 Å². The number of alkyl halides is 2. The van der Waals surface area contributed by atoms with Gasteiger partial charge in [-0.25, -0.2) is 8.78 Å². The van der Waals surface area contributed by atoms with E-state index in [9.17, 15) is 8.78 Å². The zero-order valence-corrected chi connectivity index (χ0v) is 9.16. The minimum Gasteiger partial charge on any atom is -0.388 e. The van der Waals surface area contributed by atoms with E-state index in [1.165, 1.54) is 0 Å². The van der Waals surface area contributed by atoms with Gasteiger partial charge in [0.25, 0.3) is 0 Å². The number of aromatic nitrogens is 3. The van der Waals surface area contributed by atoms with Crippen LogP contribution < -0.4 is 0 Å². The van der Waals surface area contributed by atoms with Crippen molar-refractivity contribution in [2.24, 2.45) is 7.05 Å². The molecular formula is C10H15F2N3O. The number of halogens is 2. The third kappa shape index (κ3) is 2.07. The van der Waals surface area contributed by atoms with Gasteiger partial charge in [-0.3, -0.25) is 0 Å². The Kier molecular flexibility index (Phi) is 2.92. The zero-order chi connectivity index (χ0) is 11.8. The van der Waals surface area contributed by atoms with Gasteiger partial charge in [0.2, 0.25) is 5.92 Å². The molecule has 1 aromatic rings. The Morgan fingerprint density at radius 2 is 2.00 bits per heavy atom. The Morgan fingerprint density at radius 3 is 2.50 bits per heavy atom. The van der Waals surface area contributed by atoms with Gasteiger partial charge in [0.15, 0.2) is 5.82 Å². The first-order valence-corrected chi connectivity index (χ1v) is 5.40. The number of aliphatic hydroxyl groups excluding tert-OH is 1. The molecule has 1 aromatic heterocycles. The molecule has 6 heteroatoms. The predicted octanol–water partition coefficient (Wildman–Crippen LogP) is 1.60. The smallest absolute Gasteiger partial charge is 0.248 e. The highest BCUT2D eigenvalue weighted by Crippen LogP contribution is 2.40. The summed E-state index contributed by atoms with van der Waals surface area (Å²) >= 11 is 0. The SMILES string of the molecule is Cn1c(CO)nnc1C1CCC(F)(F)CC1. The number of hydrogen-bond acceptors (Lipinski definition) is 3. The third-order valence-electron chi connectivity index (χ3n) is 3.22. The Balaban J connectivity index is 2.11. The molecule has 0 aromatic carbocycles. The van der Waals surface area contributed by atoms with Gasteiger partial charge >= 0.3 is 0 Å². The monoisotopic (exact) mass is 231 g/mol. The van der Waals surface area contributed by atoms with E-state index in [2.05, 4.69) is 10.2 Å². The lowest BCUT2D eigenvalue weighted by molar-refractivity contribution is -0.0389. The maximum atomic E-state index is 13.0. The molecule has 1 fully saturated rings. The molecular weight excluding hydrogens is 216 g/mol. The summed E-state index contributed by atoms with van der Waals surface area (Å²) in [6, 6.07) is 0. The van der Waals surface area contributed by atoms with Gasteiger partial charge in [-0.15, -0.1) is 10.2 Å². The molecule has 0 atom stereocenters. The van der Waals surface area contributed by atoms with Gasteiger partial charge in [-0.1, -0.05) is 0 Å². The lowest BCUT2D eigenvalue weighted by Crippen LogP contribution is -2.25. The Labute approximate surface area is 92.3 Å². The van der Waals surface area contributed by atoms with E-state index in [1.807, 2.05) is 0 Å². The van der Waals surface area contributed by atoms with E-state index >= 15 is 0 Å². The highest BCUT2D eigenvalue weighted by atomic mass is 19.3. The summed E-state index contributed by atoms with van der Waals surface area (Å²) in [5.74, 6) is -1.29. The van der Waals surface area contributed by atoms with Crippen molar-refractivity contribution in [3.63, 3.8) is 0 Å². The molecule has 0 saturated heterocycles. The second-order valence-electron chi connectivity index (χ2n) is 4.32. The quantitative estimate of drug-likeness (QED) is 0.841. The second-order valence-corrected chi connectivity index (χ2v) is 4.32. The molecule has 16 heavy (non-hydrogen) atoms. The largest absolute Gasteiger partial charge is 0.388 e. The van der Waals surface area contributed by atoms with Crippen LogP contribution in [0.1, 0.15) is 43.3 Å². The Bertz CT molecular complexity index is 368. The lowest BCUT2D eigenvalue weighted by atomic mass is 9.86.